The number of hydrogen-bond acceptors (Lipinski definition) is 3. The Morgan fingerprint density at radius 3 is 2.53 bits per heavy atom. The molecule has 0 aliphatic carbocycles. The number of hydrogen-bond donors (Lipinski definition) is 1. The van der Waals surface area contributed by atoms with Crippen LogP contribution in [-0.4, -0.2) is 16.5 Å². The smallest absolute Gasteiger partial charge is 0.125 e. The van der Waals surface area contributed by atoms with Crippen LogP contribution in [-0.2, 0) is 11.8 Å². The normalized spacial score (nSPS) is 11.3. The Labute approximate surface area is 115 Å². The van der Waals surface area contributed by atoms with Gasteiger partial charge in [-0.15, -0.1) is 0 Å². The van der Waals surface area contributed by atoms with Gasteiger partial charge in [-0.25, -0.2) is 4.98 Å². The van der Waals surface area contributed by atoms with Gasteiger partial charge in [-0.05, 0) is 35.1 Å². The van der Waals surface area contributed by atoms with Crippen LogP contribution in [0.2, 0.25) is 0 Å². The van der Waals surface area contributed by atoms with E-state index < -0.39 is 0 Å². The van der Waals surface area contributed by atoms with Crippen molar-refractivity contribution >= 4 is 5.82 Å². The fourth-order valence-corrected chi connectivity index (χ4v) is 1.82. The zero-order chi connectivity index (χ0) is 13.7. The first-order valence-electron chi connectivity index (χ1n) is 6.65. The van der Waals surface area contributed by atoms with E-state index in [-0.39, 0.29) is 5.41 Å². The summed E-state index contributed by atoms with van der Waals surface area (Å²) in [6.07, 6.45) is 6.60. The van der Waals surface area contributed by atoms with Gasteiger partial charge in [0, 0.05) is 25.1 Å². The highest BCUT2D eigenvalue weighted by atomic mass is 15.0. The van der Waals surface area contributed by atoms with E-state index in [1.54, 1.807) is 6.20 Å². The highest BCUT2D eigenvalue weighted by molar-refractivity contribution is 5.37. The highest BCUT2D eigenvalue weighted by Crippen LogP contribution is 2.21. The molecule has 0 fully saturated rings. The second kappa shape index (κ2) is 5.83. The van der Waals surface area contributed by atoms with Gasteiger partial charge in [-0.3, -0.25) is 4.98 Å². The van der Waals surface area contributed by atoms with Crippen LogP contribution in [0.3, 0.4) is 0 Å². The average Bonchev–Trinajstić information content (AvgIpc) is 2.39. The van der Waals surface area contributed by atoms with E-state index in [0.717, 1.165) is 18.8 Å². The predicted octanol–water partition coefficient (Wildman–Crippen LogP) is 3.43. The van der Waals surface area contributed by atoms with Gasteiger partial charge in [-0.2, -0.15) is 0 Å². The van der Waals surface area contributed by atoms with Crippen LogP contribution < -0.4 is 5.32 Å². The molecule has 0 saturated heterocycles. The van der Waals surface area contributed by atoms with E-state index in [2.05, 4.69) is 48.2 Å². The molecular formula is C16H21N3. The van der Waals surface area contributed by atoms with Gasteiger partial charge in [0.25, 0.3) is 0 Å². The first-order chi connectivity index (χ1) is 9.05. The van der Waals surface area contributed by atoms with Gasteiger partial charge in [0.05, 0.1) is 0 Å². The van der Waals surface area contributed by atoms with Crippen molar-refractivity contribution in [3.63, 3.8) is 0 Å². The van der Waals surface area contributed by atoms with E-state index in [1.807, 2.05) is 24.5 Å². The summed E-state index contributed by atoms with van der Waals surface area (Å²) in [7, 11) is 0. The molecule has 0 amide bonds. The van der Waals surface area contributed by atoms with Crippen molar-refractivity contribution in [3.8, 4) is 0 Å². The lowest BCUT2D eigenvalue weighted by Gasteiger charge is -2.18. The summed E-state index contributed by atoms with van der Waals surface area (Å²) in [6.45, 7) is 7.45. The Hall–Kier alpha value is -1.90. The number of aromatic nitrogens is 2. The standard InChI is InChI=1S/C16H21N3/c1-16(2,3)14-6-7-15(19-12-14)18-10-8-13-5-4-9-17-11-13/h4-7,9,11-12H,8,10H2,1-3H3,(H,18,19). The van der Waals surface area contributed by atoms with E-state index in [9.17, 15) is 0 Å². The minimum absolute atomic E-state index is 0.154. The molecule has 2 aromatic heterocycles. The first kappa shape index (κ1) is 13.5. The molecule has 2 aromatic rings. The van der Waals surface area contributed by atoms with Crippen molar-refractivity contribution in [3.05, 3.63) is 54.0 Å². The second-order valence-electron chi connectivity index (χ2n) is 5.72. The molecule has 0 saturated carbocycles. The summed E-state index contributed by atoms with van der Waals surface area (Å²) in [6, 6.07) is 8.24. The minimum atomic E-state index is 0.154. The fraction of sp³-hybridized carbons (Fsp3) is 0.375. The quantitative estimate of drug-likeness (QED) is 0.909. The Morgan fingerprint density at radius 1 is 1.11 bits per heavy atom. The zero-order valence-electron chi connectivity index (χ0n) is 11.9. The number of nitrogens with zero attached hydrogens (tertiary/aromatic N) is 2. The SMILES string of the molecule is CC(C)(C)c1ccc(NCCc2cccnc2)nc1. The molecule has 0 unspecified atom stereocenters. The number of rotatable bonds is 4. The summed E-state index contributed by atoms with van der Waals surface area (Å²) < 4.78 is 0. The van der Waals surface area contributed by atoms with E-state index in [1.165, 1.54) is 11.1 Å². The lowest BCUT2D eigenvalue weighted by molar-refractivity contribution is 0.587. The predicted molar refractivity (Wildman–Crippen MR) is 79.4 cm³/mol. The molecular weight excluding hydrogens is 234 g/mol. The van der Waals surface area contributed by atoms with Crippen LogP contribution >= 0.6 is 0 Å². The second-order valence-corrected chi connectivity index (χ2v) is 5.72. The van der Waals surface area contributed by atoms with Crippen molar-refractivity contribution in [1.29, 1.82) is 0 Å². The molecule has 2 heterocycles. The fourth-order valence-electron chi connectivity index (χ4n) is 1.82. The third-order valence-electron chi connectivity index (χ3n) is 3.07. The Kier molecular flexibility index (Phi) is 4.15. The Balaban J connectivity index is 1.87. The maximum Gasteiger partial charge on any atom is 0.125 e. The molecule has 100 valence electrons. The summed E-state index contributed by atoms with van der Waals surface area (Å²) in [5.41, 5.74) is 2.65. The van der Waals surface area contributed by atoms with Gasteiger partial charge in [0.2, 0.25) is 0 Å². The summed E-state index contributed by atoms with van der Waals surface area (Å²) in [5.74, 6) is 0.928. The first-order valence-corrected chi connectivity index (χ1v) is 6.65. The van der Waals surface area contributed by atoms with Crippen LogP contribution in [0.1, 0.15) is 31.9 Å². The molecule has 3 nitrogen and oxygen atoms in total. The molecule has 3 heteroatoms. The lowest BCUT2D eigenvalue weighted by Crippen LogP contribution is -2.12. The van der Waals surface area contributed by atoms with Crippen molar-refractivity contribution in [2.24, 2.45) is 0 Å². The van der Waals surface area contributed by atoms with Crippen molar-refractivity contribution in [1.82, 2.24) is 9.97 Å². The van der Waals surface area contributed by atoms with E-state index in [4.69, 9.17) is 0 Å². The monoisotopic (exact) mass is 255 g/mol. The molecule has 2 rings (SSSR count). The van der Waals surface area contributed by atoms with Gasteiger partial charge in [0.1, 0.15) is 5.82 Å². The minimum Gasteiger partial charge on any atom is -0.370 e. The Morgan fingerprint density at radius 2 is 1.95 bits per heavy atom. The third-order valence-corrected chi connectivity index (χ3v) is 3.07. The molecule has 0 aliphatic heterocycles. The number of pyridine rings is 2. The van der Waals surface area contributed by atoms with E-state index in [0.29, 0.717) is 0 Å². The summed E-state index contributed by atoms with van der Waals surface area (Å²) >= 11 is 0. The van der Waals surface area contributed by atoms with Crippen LogP contribution in [0.25, 0.3) is 0 Å². The van der Waals surface area contributed by atoms with Crippen LogP contribution in [0, 0.1) is 0 Å². The summed E-state index contributed by atoms with van der Waals surface area (Å²) in [4.78, 5) is 8.56. The molecule has 0 radical (unpaired) electrons. The van der Waals surface area contributed by atoms with Crippen LogP contribution in [0.15, 0.2) is 42.9 Å². The van der Waals surface area contributed by atoms with Gasteiger partial charge >= 0.3 is 0 Å². The van der Waals surface area contributed by atoms with Gasteiger partial charge in [-0.1, -0.05) is 32.9 Å². The third kappa shape index (κ3) is 4.05. The maximum absolute atomic E-state index is 4.45. The van der Waals surface area contributed by atoms with Gasteiger partial charge in [0.15, 0.2) is 0 Å². The topological polar surface area (TPSA) is 37.8 Å². The molecule has 0 spiro atoms. The molecule has 0 atom stereocenters. The Bertz CT molecular complexity index is 498. The zero-order valence-corrected chi connectivity index (χ0v) is 11.9. The average molecular weight is 255 g/mol. The number of nitrogens with one attached hydrogen (secondary N) is 1. The maximum atomic E-state index is 4.45. The number of anilines is 1. The van der Waals surface area contributed by atoms with E-state index >= 15 is 0 Å². The molecule has 0 bridgehead atoms. The molecule has 19 heavy (non-hydrogen) atoms. The van der Waals surface area contributed by atoms with Crippen LogP contribution in [0.4, 0.5) is 5.82 Å². The highest BCUT2D eigenvalue weighted by Gasteiger charge is 2.13. The molecule has 0 aliphatic rings. The molecule has 0 aromatic carbocycles. The largest absolute Gasteiger partial charge is 0.370 e. The van der Waals surface area contributed by atoms with Crippen molar-refractivity contribution in [2.75, 3.05) is 11.9 Å². The summed E-state index contributed by atoms with van der Waals surface area (Å²) in [5, 5.41) is 3.33. The van der Waals surface area contributed by atoms with Crippen LogP contribution in [0.5, 0.6) is 0 Å². The van der Waals surface area contributed by atoms with Gasteiger partial charge < -0.3 is 5.32 Å². The lowest BCUT2D eigenvalue weighted by atomic mass is 9.88. The van der Waals surface area contributed by atoms with Crippen molar-refractivity contribution in [2.45, 2.75) is 32.6 Å². The van der Waals surface area contributed by atoms with Crippen molar-refractivity contribution < 1.29 is 0 Å². The molecule has 1 N–H and O–H groups in total.